The van der Waals surface area contributed by atoms with Crippen LogP contribution in [0.5, 0.6) is 0 Å². The predicted molar refractivity (Wildman–Crippen MR) is 320 cm³/mol. The average molecular weight is 1030 g/mol. The molecule has 0 aliphatic carbocycles. The lowest BCUT2D eigenvalue weighted by atomic mass is 10.0. The van der Waals surface area contributed by atoms with Gasteiger partial charge < -0.3 is 14.2 Å². The molecule has 0 aliphatic heterocycles. The Morgan fingerprint density at radius 3 is 0.878 bits per heavy atom. The largest absolute Gasteiger partial charge is 0.462 e. The number of hydrogen-bond donors (Lipinski definition) is 0. The van der Waals surface area contributed by atoms with E-state index in [-0.39, 0.29) is 31.6 Å². The van der Waals surface area contributed by atoms with E-state index >= 15 is 0 Å². The van der Waals surface area contributed by atoms with Crippen molar-refractivity contribution in [2.75, 3.05) is 13.2 Å². The summed E-state index contributed by atoms with van der Waals surface area (Å²) in [6.07, 6.45) is 84.9. The van der Waals surface area contributed by atoms with Gasteiger partial charge in [-0.3, -0.25) is 14.4 Å². The van der Waals surface area contributed by atoms with Crippen molar-refractivity contribution in [1.29, 1.82) is 0 Å². The zero-order valence-corrected chi connectivity index (χ0v) is 48.1. The van der Waals surface area contributed by atoms with Crippen molar-refractivity contribution in [2.45, 2.75) is 277 Å². The van der Waals surface area contributed by atoms with E-state index in [4.69, 9.17) is 14.2 Å². The van der Waals surface area contributed by atoms with Crippen molar-refractivity contribution in [3.05, 3.63) is 122 Å². The molecule has 0 heterocycles. The van der Waals surface area contributed by atoms with Crippen LogP contribution in [0.2, 0.25) is 0 Å². The fraction of sp³-hybridized carbons (Fsp3) is 0.662. The summed E-state index contributed by atoms with van der Waals surface area (Å²) >= 11 is 0. The van der Waals surface area contributed by atoms with E-state index in [1.165, 1.54) is 116 Å². The maximum atomic E-state index is 12.9. The molecule has 0 bridgehead atoms. The van der Waals surface area contributed by atoms with E-state index in [0.717, 1.165) is 109 Å². The first-order valence-electron chi connectivity index (χ1n) is 30.5. The van der Waals surface area contributed by atoms with Gasteiger partial charge in [0.25, 0.3) is 0 Å². The summed E-state index contributed by atoms with van der Waals surface area (Å²) in [5, 5.41) is 0. The molecule has 6 nitrogen and oxygen atoms in total. The minimum Gasteiger partial charge on any atom is -0.462 e. The van der Waals surface area contributed by atoms with Crippen LogP contribution in [-0.2, 0) is 28.6 Å². The molecule has 0 rings (SSSR count). The van der Waals surface area contributed by atoms with Gasteiger partial charge in [0.15, 0.2) is 6.10 Å². The highest BCUT2D eigenvalue weighted by Crippen LogP contribution is 2.16. The van der Waals surface area contributed by atoms with Crippen LogP contribution < -0.4 is 0 Å². The first-order valence-corrected chi connectivity index (χ1v) is 30.5. The third-order valence-corrected chi connectivity index (χ3v) is 12.7. The molecule has 0 aromatic rings. The Kier molecular flexibility index (Phi) is 57.9. The van der Waals surface area contributed by atoms with Crippen LogP contribution in [-0.4, -0.2) is 37.2 Å². The smallest absolute Gasteiger partial charge is 0.306 e. The lowest BCUT2D eigenvalue weighted by Crippen LogP contribution is -2.30. The van der Waals surface area contributed by atoms with Crippen LogP contribution in [0.3, 0.4) is 0 Å². The van der Waals surface area contributed by atoms with Gasteiger partial charge in [-0.2, -0.15) is 0 Å². The van der Waals surface area contributed by atoms with Crippen LogP contribution in [0.1, 0.15) is 271 Å². The van der Waals surface area contributed by atoms with Crippen LogP contribution >= 0.6 is 0 Å². The van der Waals surface area contributed by atoms with Gasteiger partial charge in [-0.05, 0) is 96.3 Å². The summed E-state index contributed by atoms with van der Waals surface area (Å²) in [6, 6.07) is 0. The number of ether oxygens (including phenoxy) is 3. The van der Waals surface area contributed by atoms with Gasteiger partial charge in [0.05, 0.1) is 0 Å². The summed E-state index contributed by atoms with van der Waals surface area (Å²) in [5.41, 5.74) is 0. The Morgan fingerprint density at radius 2 is 0.554 bits per heavy atom. The highest BCUT2D eigenvalue weighted by Gasteiger charge is 2.19. The fourth-order valence-corrected chi connectivity index (χ4v) is 8.23. The topological polar surface area (TPSA) is 78.9 Å². The highest BCUT2D eigenvalue weighted by atomic mass is 16.6. The predicted octanol–water partition coefficient (Wildman–Crippen LogP) is 20.8. The Balaban J connectivity index is 4.50. The van der Waals surface area contributed by atoms with Gasteiger partial charge in [-0.25, -0.2) is 0 Å². The number of carbonyl (C=O) groups excluding carboxylic acids is 3. The maximum absolute atomic E-state index is 12.9. The summed E-state index contributed by atoms with van der Waals surface area (Å²) in [6.45, 7) is 6.36. The van der Waals surface area contributed by atoms with Gasteiger partial charge in [0.2, 0.25) is 0 Å². The van der Waals surface area contributed by atoms with E-state index in [1.807, 2.05) is 6.08 Å². The lowest BCUT2D eigenvalue weighted by Gasteiger charge is -2.18. The van der Waals surface area contributed by atoms with E-state index < -0.39 is 12.1 Å². The molecule has 74 heavy (non-hydrogen) atoms. The number of unbranched alkanes of at least 4 members (excludes halogenated alkanes) is 23. The molecule has 420 valence electrons. The normalized spacial score (nSPS) is 13.0. The SMILES string of the molecule is CC/C=C\C/C=C\C/C=C\C/C=C\C/C=C\C/C=C\CCC(=O)OC(COC(=O)CCCCCCCCCC/C=C\C/C=C\C/C=C\C/C=C\CC)COC(=O)CCCCCCCCCCCCCCCCCC. The van der Waals surface area contributed by atoms with Crippen molar-refractivity contribution < 1.29 is 28.6 Å². The number of esters is 3. The molecular formula is C68H112O6. The molecule has 0 N–H and O–H groups in total. The first-order chi connectivity index (χ1) is 36.5. The molecule has 0 amide bonds. The second-order valence-corrected chi connectivity index (χ2v) is 19.9. The van der Waals surface area contributed by atoms with E-state index in [0.29, 0.717) is 19.3 Å². The highest BCUT2D eigenvalue weighted by molar-refractivity contribution is 5.71. The molecule has 0 saturated carbocycles. The quantitative estimate of drug-likeness (QED) is 0.0261. The molecule has 1 unspecified atom stereocenters. The number of rotatable bonds is 54. The minimum atomic E-state index is -0.825. The van der Waals surface area contributed by atoms with Crippen molar-refractivity contribution in [3.63, 3.8) is 0 Å². The van der Waals surface area contributed by atoms with Crippen LogP contribution in [0.15, 0.2) is 122 Å². The van der Waals surface area contributed by atoms with Crippen LogP contribution in [0.4, 0.5) is 0 Å². The second kappa shape index (κ2) is 61.4. The Hall–Kier alpha value is -4.19. The van der Waals surface area contributed by atoms with Crippen LogP contribution in [0.25, 0.3) is 0 Å². The van der Waals surface area contributed by atoms with E-state index in [2.05, 4.69) is 136 Å². The molecule has 0 aromatic carbocycles. The van der Waals surface area contributed by atoms with Crippen molar-refractivity contribution >= 4 is 17.9 Å². The molecule has 0 aromatic heterocycles. The molecule has 0 saturated heterocycles. The third kappa shape index (κ3) is 58.7. The number of hydrogen-bond acceptors (Lipinski definition) is 6. The van der Waals surface area contributed by atoms with Gasteiger partial charge >= 0.3 is 17.9 Å². The average Bonchev–Trinajstić information content (AvgIpc) is 3.40. The zero-order valence-electron chi connectivity index (χ0n) is 48.1. The number of allylic oxidation sites excluding steroid dienone is 20. The van der Waals surface area contributed by atoms with Crippen molar-refractivity contribution in [1.82, 2.24) is 0 Å². The second-order valence-electron chi connectivity index (χ2n) is 19.9. The van der Waals surface area contributed by atoms with E-state index in [1.54, 1.807) is 0 Å². The Bertz CT molecular complexity index is 1550. The summed E-state index contributed by atoms with van der Waals surface area (Å²) < 4.78 is 16.8. The van der Waals surface area contributed by atoms with Gasteiger partial charge in [0.1, 0.15) is 13.2 Å². The van der Waals surface area contributed by atoms with Crippen molar-refractivity contribution in [3.8, 4) is 0 Å². The van der Waals surface area contributed by atoms with Crippen LogP contribution in [0, 0.1) is 0 Å². The van der Waals surface area contributed by atoms with Crippen molar-refractivity contribution in [2.24, 2.45) is 0 Å². The molecule has 0 aliphatic rings. The Labute approximate surface area is 456 Å². The minimum absolute atomic E-state index is 0.111. The standard InChI is InChI=1S/C68H112O6/c1-4-7-10-13-16-19-22-25-28-31-33-34-36-37-40-43-46-49-52-55-58-61-67(70)73-64-65(63-72-66(69)60-57-54-51-48-45-42-39-30-27-24-21-18-15-12-9-6-3)74-68(71)62-59-56-53-50-47-44-41-38-35-32-29-26-23-20-17-14-11-8-5-2/h7-8,10-11,16-17,19-20,25-26,28-29,33-35,38,44,47,53,56,65H,4-6,9,12-15,18,21-24,27,30-32,36-37,39-43,45-46,48-52,54-55,57-64H2,1-3H3/b10-7-,11-8-,19-16-,20-17-,28-25-,29-26-,34-33-,38-35-,47-44-,56-53-. The zero-order chi connectivity index (χ0) is 53.6. The monoisotopic (exact) mass is 1020 g/mol. The summed E-state index contributed by atoms with van der Waals surface area (Å²) in [4.78, 5) is 38.2. The third-order valence-electron chi connectivity index (χ3n) is 12.7. The summed E-state index contributed by atoms with van der Waals surface area (Å²) in [5.74, 6) is -1.000. The van der Waals surface area contributed by atoms with Gasteiger partial charge in [-0.15, -0.1) is 0 Å². The van der Waals surface area contributed by atoms with Gasteiger partial charge in [0, 0.05) is 19.3 Å². The van der Waals surface area contributed by atoms with Gasteiger partial charge in [-0.1, -0.05) is 277 Å². The lowest BCUT2D eigenvalue weighted by molar-refractivity contribution is -0.166. The first kappa shape index (κ1) is 69.8. The molecule has 0 spiro atoms. The molecule has 1 atom stereocenters. The summed E-state index contributed by atoms with van der Waals surface area (Å²) in [7, 11) is 0. The molecule has 6 heteroatoms. The fourth-order valence-electron chi connectivity index (χ4n) is 8.23. The molecular weight excluding hydrogens is 913 g/mol. The van der Waals surface area contributed by atoms with E-state index in [9.17, 15) is 14.4 Å². The Morgan fingerprint density at radius 1 is 0.284 bits per heavy atom. The molecule has 0 fully saturated rings. The number of carbonyl (C=O) groups is 3. The molecule has 0 radical (unpaired) electrons. The maximum Gasteiger partial charge on any atom is 0.306 e.